The lowest BCUT2D eigenvalue weighted by atomic mass is 9.99. The fourth-order valence-electron chi connectivity index (χ4n) is 2.21. The average Bonchev–Trinajstić information content (AvgIpc) is 3.12. The van der Waals surface area contributed by atoms with Crippen LogP contribution < -0.4 is 5.32 Å². The second kappa shape index (κ2) is 6.77. The summed E-state index contributed by atoms with van der Waals surface area (Å²) in [6, 6.07) is 1.67. The van der Waals surface area contributed by atoms with E-state index in [0.717, 1.165) is 23.5 Å². The van der Waals surface area contributed by atoms with Crippen molar-refractivity contribution in [3.63, 3.8) is 0 Å². The molecule has 0 saturated heterocycles. The number of aromatic nitrogens is 2. The van der Waals surface area contributed by atoms with Gasteiger partial charge in [0.25, 0.3) is 0 Å². The highest BCUT2D eigenvalue weighted by atomic mass is 32.1. The van der Waals surface area contributed by atoms with Crippen LogP contribution in [0, 0.1) is 18.6 Å². The second-order valence-corrected chi connectivity index (χ2v) is 7.52. The molecule has 3 aromatic rings. The van der Waals surface area contributed by atoms with E-state index < -0.39 is 40.7 Å². The van der Waals surface area contributed by atoms with Gasteiger partial charge in [0.2, 0.25) is 11.5 Å². The summed E-state index contributed by atoms with van der Waals surface area (Å²) >= 11 is 1.34. The zero-order valence-corrected chi connectivity index (χ0v) is 15.0. The third kappa shape index (κ3) is 3.77. The number of alkyl halides is 3. The van der Waals surface area contributed by atoms with Crippen LogP contribution in [-0.4, -0.2) is 27.2 Å². The number of amides is 1. The Morgan fingerprint density at radius 1 is 1.22 bits per heavy atom. The molecule has 1 aromatic carbocycles. The van der Waals surface area contributed by atoms with Crippen molar-refractivity contribution in [3.05, 3.63) is 39.8 Å². The Kier molecular flexibility index (Phi) is 4.91. The summed E-state index contributed by atoms with van der Waals surface area (Å²) in [6.45, 7) is 1.45. The summed E-state index contributed by atoms with van der Waals surface area (Å²) in [5, 5.41) is 12.8. The summed E-state index contributed by atoms with van der Waals surface area (Å²) in [5.41, 5.74) is -3.16. The van der Waals surface area contributed by atoms with Gasteiger partial charge in [0.1, 0.15) is 5.01 Å². The van der Waals surface area contributed by atoms with Gasteiger partial charge in [0.15, 0.2) is 16.8 Å². The van der Waals surface area contributed by atoms with Gasteiger partial charge in [-0.25, -0.2) is 18.7 Å². The average molecular weight is 423 g/mol. The Morgan fingerprint density at radius 2 is 1.89 bits per heavy atom. The third-order valence-electron chi connectivity index (χ3n) is 3.54. The number of thiazole rings is 2. The molecule has 5 nitrogen and oxygen atoms in total. The normalized spacial score (nSPS) is 14.3. The van der Waals surface area contributed by atoms with Crippen LogP contribution in [0.15, 0.2) is 17.5 Å². The lowest BCUT2D eigenvalue weighted by Gasteiger charge is -2.27. The van der Waals surface area contributed by atoms with Crippen molar-refractivity contribution in [2.45, 2.75) is 25.1 Å². The van der Waals surface area contributed by atoms with Crippen LogP contribution in [0.1, 0.15) is 17.1 Å². The molecule has 12 heteroatoms. The molecule has 0 fully saturated rings. The molecule has 0 bridgehead atoms. The van der Waals surface area contributed by atoms with Gasteiger partial charge in [0.05, 0.1) is 16.6 Å². The number of carbonyl (C=O) groups excluding carboxylic acids is 1. The number of hydrogen-bond acceptors (Lipinski definition) is 6. The van der Waals surface area contributed by atoms with Crippen molar-refractivity contribution in [3.8, 4) is 0 Å². The highest BCUT2D eigenvalue weighted by molar-refractivity contribution is 7.22. The largest absolute Gasteiger partial charge is 0.424 e. The van der Waals surface area contributed by atoms with Gasteiger partial charge in [-0.3, -0.25) is 4.79 Å². The van der Waals surface area contributed by atoms with E-state index in [4.69, 9.17) is 0 Å². The van der Waals surface area contributed by atoms with Gasteiger partial charge < -0.3 is 10.4 Å². The number of carbonyl (C=O) groups is 1. The first-order valence-electron chi connectivity index (χ1n) is 7.27. The molecule has 27 heavy (non-hydrogen) atoms. The summed E-state index contributed by atoms with van der Waals surface area (Å²) in [4.78, 5) is 19.6. The minimum absolute atomic E-state index is 0.0378. The molecule has 0 spiro atoms. The molecular weight excluding hydrogens is 413 g/mol. The van der Waals surface area contributed by atoms with Crippen molar-refractivity contribution in [2.24, 2.45) is 0 Å². The number of nitrogens with one attached hydrogen (secondary N) is 1. The molecule has 0 radical (unpaired) electrons. The quantitative estimate of drug-likeness (QED) is 0.619. The summed E-state index contributed by atoms with van der Waals surface area (Å²) in [7, 11) is 0. The Morgan fingerprint density at radius 3 is 2.48 bits per heavy atom. The summed E-state index contributed by atoms with van der Waals surface area (Å²) in [5.74, 6) is -3.44. The first-order valence-corrected chi connectivity index (χ1v) is 8.96. The van der Waals surface area contributed by atoms with E-state index in [1.807, 2.05) is 0 Å². The van der Waals surface area contributed by atoms with Crippen molar-refractivity contribution < 1.29 is 31.9 Å². The maximum absolute atomic E-state index is 13.4. The number of halogens is 5. The molecular formula is C15H10F5N3O2S2. The third-order valence-corrected chi connectivity index (χ3v) is 5.58. The molecule has 1 atom stereocenters. The van der Waals surface area contributed by atoms with E-state index >= 15 is 0 Å². The van der Waals surface area contributed by atoms with Crippen molar-refractivity contribution in [1.82, 2.24) is 9.97 Å². The van der Waals surface area contributed by atoms with Crippen LogP contribution in [-0.2, 0) is 10.4 Å². The monoisotopic (exact) mass is 423 g/mol. The molecule has 2 heterocycles. The zero-order valence-electron chi connectivity index (χ0n) is 13.4. The fraction of sp³-hybridized carbons (Fsp3) is 0.267. The van der Waals surface area contributed by atoms with E-state index in [0.29, 0.717) is 11.3 Å². The Labute approximate surface area is 156 Å². The van der Waals surface area contributed by atoms with Gasteiger partial charge >= 0.3 is 6.18 Å². The molecule has 2 aromatic heterocycles. The number of rotatable bonds is 4. The van der Waals surface area contributed by atoms with Crippen molar-refractivity contribution >= 4 is 43.9 Å². The molecule has 0 aliphatic heterocycles. The first kappa shape index (κ1) is 19.6. The SMILES string of the molecule is Cc1csc([C@@](O)(CC(=O)Nc2nc3cc(F)c(F)cc3s2)C(F)(F)F)n1. The van der Waals surface area contributed by atoms with Crippen LogP contribution >= 0.6 is 22.7 Å². The smallest absolute Gasteiger partial charge is 0.374 e. The number of aliphatic hydroxyl groups is 1. The van der Waals surface area contributed by atoms with E-state index in [2.05, 4.69) is 15.3 Å². The number of benzene rings is 1. The number of fused-ring (bicyclic) bond motifs is 1. The van der Waals surface area contributed by atoms with Crippen LogP contribution in [0.5, 0.6) is 0 Å². The van der Waals surface area contributed by atoms with E-state index in [-0.39, 0.29) is 21.0 Å². The minimum Gasteiger partial charge on any atom is -0.374 e. The maximum atomic E-state index is 13.4. The predicted octanol–water partition coefficient (Wildman–Crippen LogP) is 4.12. The summed E-state index contributed by atoms with van der Waals surface area (Å²) in [6.07, 6.45) is -6.49. The fourth-order valence-corrected chi connectivity index (χ4v) is 4.02. The maximum Gasteiger partial charge on any atom is 0.424 e. The second-order valence-electron chi connectivity index (χ2n) is 5.63. The number of nitrogens with zero attached hydrogens (tertiary/aromatic N) is 2. The first-order chi connectivity index (χ1) is 12.5. The Bertz CT molecular complexity index is 978. The molecule has 0 aliphatic carbocycles. The Balaban J connectivity index is 1.84. The van der Waals surface area contributed by atoms with Gasteiger partial charge in [-0.15, -0.1) is 11.3 Å². The van der Waals surface area contributed by atoms with Crippen molar-refractivity contribution in [1.29, 1.82) is 0 Å². The Hall–Kier alpha value is -2.18. The molecule has 3 rings (SSSR count). The number of anilines is 1. The molecule has 0 saturated carbocycles. The van der Waals surface area contributed by atoms with Crippen LogP contribution in [0.2, 0.25) is 0 Å². The summed E-state index contributed by atoms with van der Waals surface area (Å²) < 4.78 is 66.8. The van der Waals surface area contributed by atoms with Gasteiger partial charge in [-0.2, -0.15) is 13.2 Å². The highest BCUT2D eigenvalue weighted by Gasteiger charge is 2.58. The van der Waals surface area contributed by atoms with Crippen LogP contribution in [0.4, 0.5) is 27.1 Å². The lowest BCUT2D eigenvalue weighted by Crippen LogP contribution is -2.45. The number of hydrogen-bond donors (Lipinski definition) is 2. The molecule has 0 aliphatic rings. The molecule has 1 amide bonds. The van der Waals surface area contributed by atoms with E-state index in [1.165, 1.54) is 12.3 Å². The highest BCUT2D eigenvalue weighted by Crippen LogP contribution is 2.43. The number of aryl methyl sites for hydroxylation is 1. The molecule has 144 valence electrons. The zero-order chi connectivity index (χ0) is 20.0. The van der Waals surface area contributed by atoms with Gasteiger partial charge in [-0.05, 0) is 13.0 Å². The van der Waals surface area contributed by atoms with E-state index in [9.17, 15) is 31.9 Å². The van der Waals surface area contributed by atoms with Gasteiger partial charge in [-0.1, -0.05) is 11.3 Å². The van der Waals surface area contributed by atoms with Crippen molar-refractivity contribution in [2.75, 3.05) is 5.32 Å². The minimum atomic E-state index is -5.14. The van der Waals surface area contributed by atoms with E-state index in [1.54, 1.807) is 0 Å². The molecule has 2 N–H and O–H groups in total. The standard InChI is InChI=1S/C15H10F5N3O2S2/c1-6-5-26-12(21-6)14(25,15(18,19)20)4-11(24)23-13-22-9-2-7(16)8(17)3-10(9)27-13/h2-3,5,25H,4H2,1H3,(H,22,23,24)/t14-/m0/s1. The van der Waals surface area contributed by atoms with Gasteiger partial charge in [0, 0.05) is 17.1 Å². The predicted molar refractivity (Wildman–Crippen MR) is 89.6 cm³/mol. The van der Waals surface area contributed by atoms with Crippen LogP contribution in [0.3, 0.4) is 0 Å². The topological polar surface area (TPSA) is 75.1 Å². The molecule has 0 unspecified atom stereocenters. The lowest BCUT2D eigenvalue weighted by molar-refractivity contribution is -0.266. The van der Waals surface area contributed by atoms with Crippen LogP contribution in [0.25, 0.3) is 10.2 Å².